The predicted molar refractivity (Wildman–Crippen MR) is 94.1 cm³/mol. The van der Waals surface area contributed by atoms with Gasteiger partial charge in [-0.15, -0.1) is 0 Å². The minimum absolute atomic E-state index is 0.115. The maximum atomic E-state index is 13.0. The number of hydrogen-bond acceptors (Lipinski definition) is 5. The molecule has 0 spiro atoms. The molecule has 0 bridgehead atoms. The van der Waals surface area contributed by atoms with Gasteiger partial charge in [0.1, 0.15) is 24.0 Å². The van der Waals surface area contributed by atoms with Gasteiger partial charge in [0.05, 0.1) is 6.20 Å². The highest BCUT2D eigenvalue weighted by Gasteiger charge is 2.41. The average molecular weight is 349 g/mol. The van der Waals surface area contributed by atoms with E-state index in [2.05, 4.69) is 32.3 Å². The highest BCUT2D eigenvalue weighted by Crippen LogP contribution is 2.38. The van der Waals surface area contributed by atoms with E-state index in [1.807, 2.05) is 18.2 Å². The summed E-state index contributed by atoms with van der Waals surface area (Å²) in [6, 6.07) is 11.7. The van der Waals surface area contributed by atoms with Crippen LogP contribution in [-0.2, 0) is 4.79 Å². The van der Waals surface area contributed by atoms with Gasteiger partial charge in [0.25, 0.3) is 5.82 Å². The standard InChI is InChI=1S/C18H16N6O2/c1-11-15(17(26)23-14-7-2-3-8-19-14)16(12-5-4-6-13(25)9-12)24-18(22-11)20-10-21-24/h2-10,15-16,25H,1H2,(H,19,23,26)(H,20,21,22)/p+1. The summed E-state index contributed by atoms with van der Waals surface area (Å²) in [5, 5.41) is 20.0. The summed E-state index contributed by atoms with van der Waals surface area (Å²) in [5.41, 5.74) is 1.24. The summed E-state index contributed by atoms with van der Waals surface area (Å²) in [5.74, 6) is 0.283. The second kappa shape index (κ2) is 6.32. The maximum absolute atomic E-state index is 13.0. The first-order chi connectivity index (χ1) is 12.6. The Labute approximate surface area is 149 Å². The van der Waals surface area contributed by atoms with E-state index in [9.17, 15) is 9.90 Å². The van der Waals surface area contributed by atoms with Crippen molar-refractivity contribution in [1.82, 2.24) is 14.8 Å². The molecule has 8 nitrogen and oxygen atoms in total. The summed E-state index contributed by atoms with van der Waals surface area (Å²) >= 11 is 0. The number of H-pyrrole nitrogens is 1. The number of pyridine rings is 1. The number of nitrogens with one attached hydrogen (secondary N) is 3. The first-order valence-electron chi connectivity index (χ1n) is 8.05. The van der Waals surface area contributed by atoms with E-state index in [1.54, 1.807) is 35.1 Å². The van der Waals surface area contributed by atoms with Crippen molar-refractivity contribution < 1.29 is 14.9 Å². The van der Waals surface area contributed by atoms with Gasteiger partial charge in [0.2, 0.25) is 5.95 Å². The molecule has 1 aromatic carbocycles. The van der Waals surface area contributed by atoms with Crippen molar-refractivity contribution >= 4 is 17.7 Å². The molecule has 0 fully saturated rings. The number of anilines is 2. The zero-order chi connectivity index (χ0) is 18.1. The fourth-order valence-electron chi connectivity index (χ4n) is 3.12. The Kier molecular flexibility index (Phi) is 3.85. The Morgan fingerprint density at radius 3 is 2.96 bits per heavy atom. The van der Waals surface area contributed by atoms with Gasteiger partial charge in [-0.05, 0) is 23.8 Å². The van der Waals surface area contributed by atoms with Gasteiger partial charge < -0.3 is 10.4 Å². The number of fused-ring (bicyclic) bond motifs is 1. The highest BCUT2D eigenvalue weighted by atomic mass is 16.3. The number of aromatic amines is 1. The number of carbonyl (C=O) groups excluding carboxylic acids is 1. The molecule has 3 aromatic rings. The van der Waals surface area contributed by atoms with Gasteiger partial charge in [-0.3, -0.25) is 0 Å². The number of rotatable bonds is 3. The van der Waals surface area contributed by atoms with Crippen LogP contribution in [0.2, 0.25) is 0 Å². The minimum atomic E-state index is -0.653. The Balaban J connectivity index is 1.75. The van der Waals surface area contributed by atoms with Crippen molar-refractivity contribution in [3.8, 4) is 5.75 Å². The average Bonchev–Trinajstić information content (AvgIpc) is 3.09. The summed E-state index contributed by atoms with van der Waals surface area (Å²) in [7, 11) is 0. The Bertz CT molecular complexity index is 969. The molecule has 130 valence electrons. The van der Waals surface area contributed by atoms with Crippen LogP contribution in [0.25, 0.3) is 0 Å². The van der Waals surface area contributed by atoms with E-state index in [4.69, 9.17) is 0 Å². The number of carbonyl (C=O) groups is 1. The van der Waals surface area contributed by atoms with E-state index in [-0.39, 0.29) is 11.7 Å². The Morgan fingerprint density at radius 2 is 2.19 bits per heavy atom. The zero-order valence-electron chi connectivity index (χ0n) is 13.8. The number of phenolic OH excluding ortho intramolecular Hbond substituents is 1. The highest BCUT2D eigenvalue weighted by molar-refractivity contribution is 5.94. The third-order valence-electron chi connectivity index (χ3n) is 4.26. The second-order valence-corrected chi connectivity index (χ2v) is 5.96. The molecule has 0 saturated heterocycles. The molecule has 26 heavy (non-hydrogen) atoms. The van der Waals surface area contributed by atoms with Crippen LogP contribution in [0.5, 0.6) is 5.75 Å². The minimum Gasteiger partial charge on any atom is -0.508 e. The molecule has 0 saturated carbocycles. The first kappa shape index (κ1) is 15.8. The number of aromatic hydroxyl groups is 1. The number of benzene rings is 1. The molecule has 4 N–H and O–H groups in total. The molecule has 1 aliphatic rings. The second-order valence-electron chi connectivity index (χ2n) is 5.96. The number of phenols is 1. The van der Waals surface area contributed by atoms with Crippen molar-refractivity contribution in [3.63, 3.8) is 0 Å². The Morgan fingerprint density at radius 1 is 1.31 bits per heavy atom. The summed E-state index contributed by atoms with van der Waals surface area (Å²) in [4.78, 5) is 20.2. The molecule has 0 radical (unpaired) electrons. The van der Waals surface area contributed by atoms with Crippen LogP contribution in [0.3, 0.4) is 0 Å². The SMILES string of the molecule is C=C1Nc2ncnn2C(c2cccc(O)c2)C1C(=O)Nc1cccc[nH+]1. The fraction of sp³-hybridized carbons (Fsp3) is 0.111. The van der Waals surface area contributed by atoms with E-state index < -0.39 is 12.0 Å². The molecular weight excluding hydrogens is 332 g/mol. The van der Waals surface area contributed by atoms with Crippen molar-refractivity contribution in [2.75, 3.05) is 10.6 Å². The molecule has 3 heterocycles. The molecule has 8 heteroatoms. The van der Waals surface area contributed by atoms with E-state index >= 15 is 0 Å². The number of aromatic nitrogens is 4. The lowest BCUT2D eigenvalue weighted by molar-refractivity contribution is -0.360. The topological polar surface area (TPSA) is 106 Å². The Hall–Kier alpha value is -3.68. The number of amides is 1. The van der Waals surface area contributed by atoms with Gasteiger partial charge in [-0.1, -0.05) is 24.8 Å². The first-order valence-corrected chi connectivity index (χ1v) is 8.05. The zero-order valence-corrected chi connectivity index (χ0v) is 13.8. The van der Waals surface area contributed by atoms with E-state index in [0.29, 0.717) is 17.5 Å². The molecular formula is C18H17N6O2+. The van der Waals surface area contributed by atoms with Crippen LogP contribution in [0, 0.1) is 5.92 Å². The molecule has 2 aromatic heterocycles. The smallest absolute Gasteiger partial charge is 0.319 e. The molecule has 2 unspecified atom stereocenters. The normalized spacial score (nSPS) is 18.7. The number of hydrogen-bond donors (Lipinski definition) is 3. The van der Waals surface area contributed by atoms with Crippen LogP contribution >= 0.6 is 0 Å². The van der Waals surface area contributed by atoms with Crippen molar-refractivity contribution in [3.05, 3.63) is 72.8 Å². The number of nitrogens with zero attached hydrogens (tertiary/aromatic N) is 3. The van der Waals surface area contributed by atoms with Gasteiger partial charge in [0, 0.05) is 11.8 Å². The van der Waals surface area contributed by atoms with Gasteiger partial charge in [-0.2, -0.15) is 10.1 Å². The lowest BCUT2D eigenvalue weighted by Crippen LogP contribution is -2.40. The van der Waals surface area contributed by atoms with E-state index in [0.717, 1.165) is 5.56 Å². The largest absolute Gasteiger partial charge is 0.508 e. The third-order valence-corrected chi connectivity index (χ3v) is 4.26. The predicted octanol–water partition coefficient (Wildman–Crippen LogP) is 1.58. The van der Waals surface area contributed by atoms with Crippen molar-refractivity contribution in [1.29, 1.82) is 0 Å². The van der Waals surface area contributed by atoms with Crippen LogP contribution in [0.4, 0.5) is 11.8 Å². The van der Waals surface area contributed by atoms with Crippen LogP contribution in [-0.4, -0.2) is 25.8 Å². The van der Waals surface area contributed by atoms with Crippen LogP contribution in [0.15, 0.2) is 67.3 Å². The van der Waals surface area contributed by atoms with Crippen LogP contribution < -0.4 is 15.6 Å². The lowest BCUT2D eigenvalue weighted by atomic mass is 9.88. The van der Waals surface area contributed by atoms with Crippen molar-refractivity contribution in [2.45, 2.75) is 6.04 Å². The maximum Gasteiger partial charge on any atom is 0.319 e. The lowest BCUT2D eigenvalue weighted by Gasteiger charge is -2.32. The summed E-state index contributed by atoms with van der Waals surface area (Å²) in [6.07, 6.45) is 3.14. The molecule has 4 rings (SSSR count). The quantitative estimate of drug-likeness (QED) is 0.666. The monoisotopic (exact) mass is 349 g/mol. The van der Waals surface area contributed by atoms with Gasteiger partial charge in [-0.25, -0.2) is 19.8 Å². The summed E-state index contributed by atoms with van der Waals surface area (Å²) < 4.78 is 1.63. The molecule has 1 amide bonds. The van der Waals surface area contributed by atoms with Crippen LogP contribution in [0.1, 0.15) is 11.6 Å². The molecule has 0 aliphatic carbocycles. The fourth-order valence-corrected chi connectivity index (χ4v) is 3.12. The van der Waals surface area contributed by atoms with Crippen molar-refractivity contribution in [2.24, 2.45) is 5.92 Å². The summed E-state index contributed by atoms with van der Waals surface area (Å²) in [6.45, 7) is 4.01. The third kappa shape index (κ3) is 2.77. The van der Waals surface area contributed by atoms with Gasteiger partial charge >= 0.3 is 5.91 Å². The van der Waals surface area contributed by atoms with E-state index in [1.165, 1.54) is 6.33 Å². The van der Waals surface area contributed by atoms with Gasteiger partial charge in [0.15, 0.2) is 0 Å². The molecule has 1 aliphatic heterocycles. The molecule has 2 atom stereocenters.